The van der Waals surface area contributed by atoms with Gasteiger partial charge in [0.2, 0.25) is 10.0 Å². The molecule has 1 aliphatic rings. The molecule has 110 valence electrons. The molecule has 0 unspecified atom stereocenters. The topological polar surface area (TPSA) is 89.9 Å². The first-order valence-electron chi connectivity index (χ1n) is 6.55. The second-order valence-corrected chi connectivity index (χ2v) is 6.86. The molecule has 0 aliphatic carbocycles. The molecule has 3 N–H and O–H groups in total. The third-order valence-corrected chi connectivity index (χ3v) is 5.07. The highest BCUT2D eigenvalue weighted by atomic mass is 32.2. The van der Waals surface area contributed by atoms with Gasteiger partial charge in [0.25, 0.3) is 0 Å². The van der Waals surface area contributed by atoms with E-state index in [4.69, 9.17) is 10.0 Å². The van der Waals surface area contributed by atoms with Gasteiger partial charge in [-0.05, 0) is 50.6 Å². The van der Waals surface area contributed by atoms with Crippen LogP contribution in [0.1, 0.15) is 12.8 Å². The van der Waals surface area contributed by atoms with Crippen molar-refractivity contribution >= 4 is 22.6 Å². The van der Waals surface area contributed by atoms with Crippen LogP contribution in [0.3, 0.4) is 0 Å². The molecule has 0 aromatic heterocycles. The summed E-state index contributed by atoms with van der Waals surface area (Å²) >= 11 is 0. The summed E-state index contributed by atoms with van der Waals surface area (Å²) in [5.74, 6) is 0. The van der Waals surface area contributed by atoms with Crippen molar-refractivity contribution in [3.8, 4) is 0 Å². The zero-order valence-corrected chi connectivity index (χ0v) is 12.2. The summed E-state index contributed by atoms with van der Waals surface area (Å²) in [5, 5.41) is 18.0. The fourth-order valence-corrected chi connectivity index (χ4v) is 3.54. The summed E-state index contributed by atoms with van der Waals surface area (Å²) in [6, 6.07) is 5.51. The Kier molecular flexibility index (Phi) is 4.82. The molecular weight excluding hydrogens is 279 g/mol. The lowest BCUT2D eigenvalue weighted by atomic mass is 9.81. The number of rotatable bonds is 4. The fourth-order valence-electron chi connectivity index (χ4n) is 2.23. The molecule has 0 bridgehead atoms. The fraction of sp³-hybridized carbons (Fsp3) is 0.500. The van der Waals surface area contributed by atoms with Crippen molar-refractivity contribution in [2.45, 2.75) is 23.8 Å². The molecule has 0 atom stereocenters. The number of nitrogens with one attached hydrogen (secondary N) is 1. The lowest BCUT2D eigenvalue weighted by Crippen LogP contribution is -2.43. The van der Waals surface area contributed by atoms with E-state index in [1.54, 1.807) is 0 Å². The summed E-state index contributed by atoms with van der Waals surface area (Å²) < 4.78 is 27.1. The van der Waals surface area contributed by atoms with Gasteiger partial charge in [-0.3, -0.25) is 0 Å². The molecular formula is C12H19BN2O4S. The van der Waals surface area contributed by atoms with Crippen LogP contribution in [0.5, 0.6) is 0 Å². The number of likely N-dealkylation sites (tertiary alicyclic amines) is 1. The van der Waals surface area contributed by atoms with E-state index in [0.717, 1.165) is 25.9 Å². The van der Waals surface area contributed by atoms with Gasteiger partial charge in [-0.15, -0.1) is 0 Å². The lowest BCUT2D eigenvalue weighted by Gasteiger charge is -2.29. The number of benzene rings is 1. The summed E-state index contributed by atoms with van der Waals surface area (Å²) in [7, 11) is -3.12. The molecule has 1 saturated heterocycles. The van der Waals surface area contributed by atoms with E-state index >= 15 is 0 Å². The minimum absolute atomic E-state index is 0.0423. The van der Waals surface area contributed by atoms with Crippen LogP contribution >= 0.6 is 0 Å². The average molecular weight is 298 g/mol. The molecule has 0 radical (unpaired) electrons. The van der Waals surface area contributed by atoms with E-state index < -0.39 is 17.1 Å². The molecule has 0 spiro atoms. The number of sulfonamides is 1. The Labute approximate surface area is 119 Å². The lowest BCUT2D eigenvalue weighted by molar-refractivity contribution is 0.248. The van der Waals surface area contributed by atoms with Crippen molar-refractivity contribution in [1.29, 1.82) is 0 Å². The Morgan fingerprint density at radius 1 is 1.20 bits per heavy atom. The van der Waals surface area contributed by atoms with E-state index in [1.807, 2.05) is 7.05 Å². The van der Waals surface area contributed by atoms with Crippen molar-refractivity contribution < 1.29 is 18.5 Å². The smallest absolute Gasteiger partial charge is 0.423 e. The third-order valence-electron chi connectivity index (χ3n) is 3.53. The van der Waals surface area contributed by atoms with E-state index in [-0.39, 0.29) is 16.4 Å². The van der Waals surface area contributed by atoms with Gasteiger partial charge in [0.15, 0.2) is 0 Å². The highest BCUT2D eigenvalue weighted by Gasteiger charge is 2.23. The van der Waals surface area contributed by atoms with E-state index in [0.29, 0.717) is 0 Å². The van der Waals surface area contributed by atoms with Crippen LogP contribution in [-0.4, -0.2) is 56.7 Å². The highest BCUT2D eigenvalue weighted by Crippen LogP contribution is 2.13. The van der Waals surface area contributed by atoms with Crippen LogP contribution in [-0.2, 0) is 10.0 Å². The van der Waals surface area contributed by atoms with Gasteiger partial charge in [0, 0.05) is 6.04 Å². The summed E-state index contributed by atoms with van der Waals surface area (Å²) in [4.78, 5) is 2.31. The zero-order chi connectivity index (χ0) is 14.8. The van der Waals surface area contributed by atoms with Crippen LogP contribution in [0.2, 0.25) is 0 Å². The van der Waals surface area contributed by atoms with E-state index in [9.17, 15) is 8.42 Å². The maximum Gasteiger partial charge on any atom is 0.488 e. The van der Waals surface area contributed by atoms with Gasteiger partial charge in [-0.1, -0.05) is 12.1 Å². The van der Waals surface area contributed by atoms with Crippen LogP contribution in [0.25, 0.3) is 0 Å². The Morgan fingerprint density at radius 3 is 2.25 bits per heavy atom. The summed E-state index contributed by atoms with van der Waals surface area (Å²) in [6.45, 7) is 1.76. The van der Waals surface area contributed by atoms with Crippen LogP contribution in [0, 0.1) is 0 Å². The first-order valence-corrected chi connectivity index (χ1v) is 8.04. The predicted molar refractivity (Wildman–Crippen MR) is 77.1 cm³/mol. The minimum Gasteiger partial charge on any atom is -0.423 e. The number of piperidine rings is 1. The zero-order valence-electron chi connectivity index (χ0n) is 11.4. The first kappa shape index (κ1) is 15.5. The Balaban J connectivity index is 2.06. The molecule has 1 aromatic carbocycles. The Morgan fingerprint density at radius 2 is 1.75 bits per heavy atom. The molecule has 20 heavy (non-hydrogen) atoms. The maximum absolute atomic E-state index is 12.2. The second kappa shape index (κ2) is 6.23. The number of hydrogen-bond donors (Lipinski definition) is 3. The van der Waals surface area contributed by atoms with Gasteiger partial charge >= 0.3 is 7.12 Å². The molecule has 6 nitrogen and oxygen atoms in total. The first-order chi connectivity index (χ1) is 9.38. The SMILES string of the molecule is CN1CCC(NS(=O)(=O)c2ccc(B(O)O)cc2)CC1. The molecule has 8 heteroatoms. The molecule has 0 amide bonds. The summed E-state index contributed by atoms with van der Waals surface area (Å²) in [5.41, 5.74) is 0.267. The van der Waals surface area contributed by atoms with Gasteiger partial charge in [0.1, 0.15) is 0 Å². The third kappa shape index (κ3) is 3.80. The van der Waals surface area contributed by atoms with Crippen molar-refractivity contribution in [2.75, 3.05) is 20.1 Å². The molecule has 1 aromatic rings. The van der Waals surface area contributed by atoms with Crippen molar-refractivity contribution in [2.24, 2.45) is 0 Å². The largest absolute Gasteiger partial charge is 0.488 e. The van der Waals surface area contributed by atoms with Crippen molar-refractivity contribution in [1.82, 2.24) is 9.62 Å². The van der Waals surface area contributed by atoms with Gasteiger partial charge in [0.05, 0.1) is 4.90 Å². The minimum atomic E-state index is -3.55. The second-order valence-electron chi connectivity index (χ2n) is 5.14. The van der Waals surface area contributed by atoms with Crippen LogP contribution in [0.4, 0.5) is 0 Å². The normalized spacial score (nSPS) is 18.1. The standard InChI is InChI=1S/C12H19BN2O4S/c1-15-8-6-11(7-9-15)14-20(18,19)12-4-2-10(3-5-12)13(16)17/h2-5,11,14,16-17H,6-9H2,1H3. The molecule has 1 aliphatic heterocycles. The Hall–Kier alpha value is -0.925. The van der Waals surface area contributed by atoms with Gasteiger partial charge in [-0.25, -0.2) is 13.1 Å². The molecule has 1 fully saturated rings. The molecule has 2 rings (SSSR count). The van der Waals surface area contributed by atoms with Gasteiger partial charge < -0.3 is 14.9 Å². The molecule has 1 heterocycles. The van der Waals surface area contributed by atoms with E-state index in [2.05, 4.69) is 9.62 Å². The Bertz CT molecular complexity index is 539. The molecule has 0 saturated carbocycles. The predicted octanol–water partition coefficient (Wildman–Crippen LogP) is -1.26. The van der Waals surface area contributed by atoms with Gasteiger partial charge in [-0.2, -0.15) is 0 Å². The number of hydrogen-bond acceptors (Lipinski definition) is 5. The van der Waals surface area contributed by atoms with Crippen LogP contribution in [0.15, 0.2) is 29.2 Å². The number of nitrogens with zero attached hydrogens (tertiary/aromatic N) is 1. The monoisotopic (exact) mass is 298 g/mol. The van der Waals surface area contributed by atoms with Crippen molar-refractivity contribution in [3.63, 3.8) is 0 Å². The maximum atomic E-state index is 12.2. The van der Waals surface area contributed by atoms with Crippen molar-refractivity contribution in [3.05, 3.63) is 24.3 Å². The highest BCUT2D eigenvalue weighted by molar-refractivity contribution is 7.89. The van der Waals surface area contributed by atoms with E-state index in [1.165, 1.54) is 24.3 Å². The van der Waals surface area contributed by atoms with Crippen LogP contribution < -0.4 is 10.2 Å². The average Bonchev–Trinajstić information content (AvgIpc) is 2.41. The quantitative estimate of drug-likeness (QED) is 0.604. The summed E-state index contributed by atoms with van der Waals surface area (Å²) in [6.07, 6.45) is 1.59.